The van der Waals surface area contributed by atoms with Crippen LogP contribution in [-0.2, 0) is 6.42 Å². The SMILES string of the molecule is CN=C(NCCc1ccccc1)NC1CCN(c2ccccc2OC)C1. The maximum absolute atomic E-state index is 5.49. The Labute approximate surface area is 156 Å². The van der Waals surface area contributed by atoms with E-state index in [0.29, 0.717) is 6.04 Å². The van der Waals surface area contributed by atoms with E-state index in [0.717, 1.165) is 49.9 Å². The van der Waals surface area contributed by atoms with Crippen molar-refractivity contribution in [3.8, 4) is 5.75 Å². The van der Waals surface area contributed by atoms with Crippen LogP contribution in [0.4, 0.5) is 5.69 Å². The zero-order valence-electron chi connectivity index (χ0n) is 15.6. The summed E-state index contributed by atoms with van der Waals surface area (Å²) in [6.07, 6.45) is 2.07. The fourth-order valence-electron chi connectivity index (χ4n) is 3.35. The molecule has 1 fully saturated rings. The molecule has 1 atom stereocenters. The van der Waals surface area contributed by atoms with Crippen molar-refractivity contribution in [3.63, 3.8) is 0 Å². The van der Waals surface area contributed by atoms with Gasteiger partial charge in [-0.3, -0.25) is 4.99 Å². The number of para-hydroxylation sites is 2. The summed E-state index contributed by atoms with van der Waals surface area (Å²) < 4.78 is 5.49. The van der Waals surface area contributed by atoms with E-state index in [9.17, 15) is 0 Å². The average Bonchev–Trinajstić information content (AvgIpc) is 3.16. The Hall–Kier alpha value is -2.69. The molecule has 1 aliphatic rings. The Morgan fingerprint density at radius 3 is 2.69 bits per heavy atom. The summed E-state index contributed by atoms with van der Waals surface area (Å²) in [5.74, 6) is 1.80. The Bertz CT molecular complexity index is 717. The lowest BCUT2D eigenvalue weighted by molar-refractivity contribution is 0.415. The van der Waals surface area contributed by atoms with Gasteiger partial charge in [-0.2, -0.15) is 0 Å². The van der Waals surface area contributed by atoms with Crippen LogP contribution in [-0.4, -0.2) is 45.8 Å². The highest BCUT2D eigenvalue weighted by molar-refractivity contribution is 5.80. The van der Waals surface area contributed by atoms with Crippen molar-refractivity contribution in [2.24, 2.45) is 4.99 Å². The van der Waals surface area contributed by atoms with E-state index in [2.05, 4.69) is 56.9 Å². The Morgan fingerprint density at radius 2 is 1.92 bits per heavy atom. The number of nitrogens with zero attached hydrogens (tertiary/aromatic N) is 2. The van der Waals surface area contributed by atoms with E-state index in [4.69, 9.17) is 4.74 Å². The molecule has 2 N–H and O–H groups in total. The standard InChI is InChI=1S/C21H28N4O/c1-22-21(23-14-12-17-8-4-3-5-9-17)24-18-13-15-25(16-18)19-10-6-7-11-20(19)26-2/h3-11,18H,12-16H2,1-2H3,(H2,22,23,24). The van der Waals surface area contributed by atoms with E-state index in [1.807, 2.05) is 25.2 Å². The minimum Gasteiger partial charge on any atom is -0.495 e. The first-order valence-corrected chi connectivity index (χ1v) is 9.19. The molecule has 5 nitrogen and oxygen atoms in total. The number of guanidine groups is 1. The summed E-state index contributed by atoms with van der Waals surface area (Å²) in [7, 11) is 3.55. The summed E-state index contributed by atoms with van der Waals surface area (Å²) >= 11 is 0. The smallest absolute Gasteiger partial charge is 0.191 e. The predicted octanol–water partition coefficient (Wildman–Crippen LogP) is 2.68. The Kier molecular flexibility index (Phi) is 6.36. The molecular weight excluding hydrogens is 324 g/mol. The second-order valence-corrected chi connectivity index (χ2v) is 6.48. The molecule has 5 heteroatoms. The maximum Gasteiger partial charge on any atom is 0.191 e. The van der Waals surface area contributed by atoms with Crippen molar-refractivity contribution < 1.29 is 4.74 Å². The molecule has 1 unspecified atom stereocenters. The van der Waals surface area contributed by atoms with Crippen molar-refractivity contribution >= 4 is 11.6 Å². The van der Waals surface area contributed by atoms with Gasteiger partial charge in [0.25, 0.3) is 0 Å². The second-order valence-electron chi connectivity index (χ2n) is 6.48. The number of benzene rings is 2. The fourth-order valence-corrected chi connectivity index (χ4v) is 3.35. The number of aliphatic imine (C=N–C) groups is 1. The molecule has 0 amide bonds. The van der Waals surface area contributed by atoms with Crippen molar-refractivity contribution in [2.75, 3.05) is 38.7 Å². The van der Waals surface area contributed by atoms with Crippen LogP contribution >= 0.6 is 0 Å². The van der Waals surface area contributed by atoms with Gasteiger partial charge in [-0.25, -0.2) is 0 Å². The van der Waals surface area contributed by atoms with Crippen molar-refractivity contribution in [1.82, 2.24) is 10.6 Å². The number of nitrogens with one attached hydrogen (secondary N) is 2. The molecule has 26 heavy (non-hydrogen) atoms. The van der Waals surface area contributed by atoms with Gasteiger partial charge in [0.15, 0.2) is 5.96 Å². The maximum atomic E-state index is 5.49. The first kappa shape index (κ1) is 18.1. The highest BCUT2D eigenvalue weighted by Gasteiger charge is 2.25. The average molecular weight is 352 g/mol. The van der Waals surface area contributed by atoms with E-state index >= 15 is 0 Å². The molecule has 138 valence electrons. The molecule has 0 aliphatic carbocycles. The Morgan fingerprint density at radius 1 is 1.15 bits per heavy atom. The van der Waals surface area contributed by atoms with Crippen LogP contribution < -0.4 is 20.3 Å². The number of hydrogen-bond donors (Lipinski definition) is 2. The molecule has 0 spiro atoms. The van der Waals surface area contributed by atoms with Gasteiger partial charge < -0.3 is 20.3 Å². The van der Waals surface area contributed by atoms with Crippen LogP contribution in [0.2, 0.25) is 0 Å². The quantitative estimate of drug-likeness (QED) is 0.620. The minimum atomic E-state index is 0.378. The molecule has 1 saturated heterocycles. The van der Waals surface area contributed by atoms with Gasteiger partial charge in [0.05, 0.1) is 12.8 Å². The summed E-state index contributed by atoms with van der Waals surface area (Å²) in [5, 5.41) is 6.96. The van der Waals surface area contributed by atoms with Gasteiger partial charge >= 0.3 is 0 Å². The summed E-state index contributed by atoms with van der Waals surface area (Å²) in [6, 6.07) is 19.1. The number of ether oxygens (including phenoxy) is 1. The number of hydrogen-bond acceptors (Lipinski definition) is 3. The van der Waals surface area contributed by atoms with Gasteiger partial charge in [0, 0.05) is 32.7 Å². The third kappa shape index (κ3) is 4.69. The normalized spacial score (nSPS) is 17.2. The van der Waals surface area contributed by atoms with Crippen LogP contribution in [0.3, 0.4) is 0 Å². The van der Waals surface area contributed by atoms with Gasteiger partial charge in [-0.15, -0.1) is 0 Å². The predicted molar refractivity (Wildman–Crippen MR) is 108 cm³/mol. The van der Waals surface area contributed by atoms with Crippen molar-refractivity contribution in [1.29, 1.82) is 0 Å². The lowest BCUT2D eigenvalue weighted by atomic mass is 10.1. The summed E-state index contributed by atoms with van der Waals surface area (Å²) in [6.45, 7) is 2.82. The lowest BCUT2D eigenvalue weighted by Crippen LogP contribution is -2.45. The zero-order chi connectivity index (χ0) is 18.2. The minimum absolute atomic E-state index is 0.378. The molecule has 0 aromatic heterocycles. The van der Waals surface area contributed by atoms with Crippen LogP contribution in [0.25, 0.3) is 0 Å². The van der Waals surface area contributed by atoms with Gasteiger partial charge in [0.2, 0.25) is 0 Å². The molecule has 2 aromatic carbocycles. The van der Waals surface area contributed by atoms with Crippen molar-refractivity contribution in [3.05, 3.63) is 60.2 Å². The first-order chi connectivity index (χ1) is 12.8. The topological polar surface area (TPSA) is 48.9 Å². The monoisotopic (exact) mass is 352 g/mol. The first-order valence-electron chi connectivity index (χ1n) is 9.19. The number of rotatable bonds is 6. The Balaban J connectivity index is 1.49. The van der Waals surface area contributed by atoms with E-state index in [1.54, 1.807) is 7.11 Å². The molecule has 0 radical (unpaired) electrons. The lowest BCUT2D eigenvalue weighted by Gasteiger charge is -2.22. The third-order valence-electron chi connectivity index (χ3n) is 4.73. The van der Waals surface area contributed by atoms with Gasteiger partial charge in [-0.05, 0) is 30.5 Å². The van der Waals surface area contributed by atoms with E-state index in [1.165, 1.54) is 5.56 Å². The van der Waals surface area contributed by atoms with E-state index < -0.39 is 0 Å². The molecule has 0 bridgehead atoms. The van der Waals surface area contributed by atoms with Crippen LogP contribution in [0.15, 0.2) is 59.6 Å². The van der Waals surface area contributed by atoms with Crippen LogP contribution in [0.5, 0.6) is 5.75 Å². The third-order valence-corrected chi connectivity index (χ3v) is 4.73. The number of anilines is 1. The highest BCUT2D eigenvalue weighted by atomic mass is 16.5. The number of methoxy groups -OCH3 is 1. The van der Waals surface area contributed by atoms with Crippen molar-refractivity contribution in [2.45, 2.75) is 18.9 Å². The fraction of sp³-hybridized carbons (Fsp3) is 0.381. The molecule has 1 heterocycles. The molecule has 1 aliphatic heterocycles. The van der Waals surface area contributed by atoms with E-state index in [-0.39, 0.29) is 0 Å². The molecule has 0 saturated carbocycles. The summed E-state index contributed by atoms with van der Waals surface area (Å²) in [4.78, 5) is 6.73. The second kappa shape index (κ2) is 9.13. The van der Waals surface area contributed by atoms with Gasteiger partial charge in [0.1, 0.15) is 5.75 Å². The van der Waals surface area contributed by atoms with Crippen LogP contribution in [0, 0.1) is 0 Å². The summed E-state index contributed by atoms with van der Waals surface area (Å²) in [5.41, 5.74) is 2.49. The molecule has 3 rings (SSSR count). The molecular formula is C21H28N4O. The van der Waals surface area contributed by atoms with Gasteiger partial charge in [-0.1, -0.05) is 42.5 Å². The largest absolute Gasteiger partial charge is 0.495 e. The zero-order valence-corrected chi connectivity index (χ0v) is 15.6. The molecule has 2 aromatic rings. The van der Waals surface area contributed by atoms with Crippen LogP contribution in [0.1, 0.15) is 12.0 Å². The highest BCUT2D eigenvalue weighted by Crippen LogP contribution is 2.30.